The molecule has 0 N–H and O–H groups in total. The van der Waals surface area contributed by atoms with Gasteiger partial charge in [0.1, 0.15) is 0 Å². The van der Waals surface area contributed by atoms with Crippen LogP contribution >= 0.6 is 0 Å². The zero-order valence-corrected chi connectivity index (χ0v) is 13.7. The molecule has 4 heteroatoms. The molecule has 0 aromatic heterocycles. The number of ether oxygens (including phenoxy) is 1. The van der Waals surface area contributed by atoms with Gasteiger partial charge in [0.15, 0.2) is 5.41 Å². The monoisotopic (exact) mass is 320 g/mol. The van der Waals surface area contributed by atoms with Gasteiger partial charge in [-0.3, -0.25) is 0 Å². The number of esters is 1. The lowest BCUT2D eigenvalue weighted by atomic mass is 9.56. The number of nitriles is 2. The first-order valence-corrected chi connectivity index (χ1v) is 7.83. The molecular formula is C20H20N2O2. The molecule has 0 spiro atoms. The van der Waals surface area contributed by atoms with Gasteiger partial charge in [-0.05, 0) is 36.5 Å². The van der Waals surface area contributed by atoms with Crippen molar-refractivity contribution in [2.24, 2.45) is 17.3 Å². The highest BCUT2D eigenvalue weighted by Crippen LogP contribution is 2.53. The quantitative estimate of drug-likeness (QED) is 0.621. The first-order chi connectivity index (χ1) is 11.6. The summed E-state index contributed by atoms with van der Waals surface area (Å²) in [5, 5.41) is 19.7. The first kappa shape index (κ1) is 17.5. The van der Waals surface area contributed by atoms with Crippen LogP contribution in [0.5, 0.6) is 0 Å². The zero-order valence-electron chi connectivity index (χ0n) is 13.7. The van der Waals surface area contributed by atoms with Crippen molar-refractivity contribution in [1.29, 1.82) is 10.5 Å². The van der Waals surface area contributed by atoms with Crippen LogP contribution in [0.1, 0.15) is 34.7 Å². The van der Waals surface area contributed by atoms with E-state index in [1.165, 1.54) is 7.11 Å². The third-order valence-electron chi connectivity index (χ3n) is 4.96. The lowest BCUT2D eigenvalue weighted by Crippen LogP contribution is -2.41. The van der Waals surface area contributed by atoms with Gasteiger partial charge < -0.3 is 4.74 Å². The number of benzene rings is 1. The summed E-state index contributed by atoms with van der Waals surface area (Å²) in [6, 6.07) is 11.4. The van der Waals surface area contributed by atoms with Gasteiger partial charge >= 0.3 is 5.97 Å². The molecule has 0 amide bonds. The van der Waals surface area contributed by atoms with Crippen LogP contribution in [0.25, 0.3) is 0 Å². The summed E-state index contributed by atoms with van der Waals surface area (Å²) in [5.41, 5.74) is 0.0974. The number of rotatable bonds is 4. The van der Waals surface area contributed by atoms with E-state index in [4.69, 9.17) is 4.74 Å². The average Bonchev–Trinajstić information content (AvgIpc) is 2.65. The minimum Gasteiger partial charge on any atom is -0.465 e. The SMILES string of the molecule is C=C[C@H]1CC[C@H](C=C)C(C#N)(C#N)[C@@H]1c1ccc(C(=O)OC)cc1. The van der Waals surface area contributed by atoms with Crippen molar-refractivity contribution in [3.05, 3.63) is 60.7 Å². The van der Waals surface area contributed by atoms with Gasteiger partial charge in [-0.25, -0.2) is 4.79 Å². The van der Waals surface area contributed by atoms with E-state index in [1.807, 2.05) is 6.08 Å². The molecule has 0 unspecified atom stereocenters. The zero-order chi connectivity index (χ0) is 17.7. The number of hydrogen-bond acceptors (Lipinski definition) is 4. The fourth-order valence-electron chi connectivity index (χ4n) is 3.68. The van der Waals surface area contributed by atoms with Gasteiger partial charge in [0.05, 0.1) is 24.8 Å². The van der Waals surface area contributed by atoms with Gasteiger partial charge in [-0.1, -0.05) is 24.3 Å². The van der Waals surface area contributed by atoms with Crippen molar-refractivity contribution in [2.45, 2.75) is 18.8 Å². The Bertz CT molecular complexity index is 707. The number of nitrogens with zero attached hydrogens (tertiary/aromatic N) is 2. The molecule has 3 atom stereocenters. The number of carbonyl (C=O) groups excluding carboxylic acids is 1. The summed E-state index contributed by atoms with van der Waals surface area (Å²) >= 11 is 0. The summed E-state index contributed by atoms with van der Waals surface area (Å²) in [6.45, 7) is 7.70. The van der Waals surface area contributed by atoms with E-state index in [9.17, 15) is 15.3 Å². The highest BCUT2D eigenvalue weighted by atomic mass is 16.5. The molecular weight excluding hydrogens is 300 g/mol. The number of methoxy groups -OCH3 is 1. The smallest absolute Gasteiger partial charge is 0.337 e. The second-order valence-corrected chi connectivity index (χ2v) is 6.00. The van der Waals surface area contributed by atoms with Crippen molar-refractivity contribution in [1.82, 2.24) is 0 Å². The highest BCUT2D eigenvalue weighted by Gasteiger charge is 2.51. The maximum absolute atomic E-state index is 11.6. The second-order valence-electron chi connectivity index (χ2n) is 6.00. The van der Waals surface area contributed by atoms with Crippen molar-refractivity contribution >= 4 is 5.97 Å². The molecule has 1 saturated carbocycles. The molecule has 0 bridgehead atoms. The van der Waals surface area contributed by atoms with Crippen LogP contribution in [0.3, 0.4) is 0 Å². The molecule has 1 aliphatic rings. The second kappa shape index (κ2) is 7.15. The number of carbonyl (C=O) groups is 1. The number of allylic oxidation sites excluding steroid dienone is 2. The molecule has 1 aromatic carbocycles. The standard InChI is InChI=1S/C20H20N2O2/c1-4-14-10-11-17(5-2)20(12-21,13-22)18(14)15-6-8-16(9-7-15)19(23)24-3/h4-9,14,17-18H,1-2,10-11H2,3H3/t14-,17-,18-/m0/s1. The normalized spacial score (nSPS) is 24.9. The highest BCUT2D eigenvalue weighted by molar-refractivity contribution is 5.89. The molecule has 0 saturated heterocycles. The minimum absolute atomic E-state index is 0.0180. The topological polar surface area (TPSA) is 73.9 Å². The van der Waals surface area contributed by atoms with E-state index < -0.39 is 11.4 Å². The predicted octanol–water partition coefficient (Wildman–Crippen LogP) is 3.99. The summed E-state index contributed by atoms with van der Waals surface area (Å²) in [6.07, 6.45) is 5.11. The third-order valence-corrected chi connectivity index (χ3v) is 4.96. The summed E-state index contributed by atoms with van der Waals surface area (Å²) < 4.78 is 4.71. The summed E-state index contributed by atoms with van der Waals surface area (Å²) in [4.78, 5) is 11.6. The molecule has 4 nitrogen and oxygen atoms in total. The van der Waals surface area contributed by atoms with Crippen LogP contribution in [0, 0.1) is 39.9 Å². The number of hydrogen-bond donors (Lipinski definition) is 0. The molecule has 0 heterocycles. The Morgan fingerprint density at radius 3 is 2.29 bits per heavy atom. The molecule has 1 aromatic rings. The van der Waals surface area contributed by atoms with Crippen LogP contribution in [-0.2, 0) is 4.74 Å². The third kappa shape index (κ3) is 2.72. The van der Waals surface area contributed by atoms with E-state index in [0.717, 1.165) is 18.4 Å². The molecule has 122 valence electrons. The van der Waals surface area contributed by atoms with Crippen molar-refractivity contribution in [3.63, 3.8) is 0 Å². The van der Waals surface area contributed by atoms with E-state index in [1.54, 1.807) is 30.3 Å². The van der Waals surface area contributed by atoms with Gasteiger partial charge in [-0.2, -0.15) is 10.5 Å². The van der Waals surface area contributed by atoms with Crippen molar-refractivity contribution < 1.29 is 9.53 Å². The Kier molecular flexibility index (Phi) is 5.21. The lowest BCUT2D eigenvalue weighted by Gasteiger charge is -2.43. The Morgan fingerprint density at radius 1 is 1.21 bits per heavy atom. The molecule has 1 aliphatic carbocycles. The van der Waals surface area contributed by atoms with E-state index in [-0.39, 0.29) is 17.8 Å². The first-order valence-electron chi connectivity index (χ1n) is 7.83. The minimum atomic E-state index is -1.19. The summed E-state index contributed by atoms with van der Waals surface area (Å²) in [7, 11) is 1.33. The Balaban J connectivity index is 2.55. The van der Waals surface area contributed by atoms with E-state index in [2.05, 4.69) is 25.3 Å². The predicted molar refractivity (Wildman–Crippen MR) is 90.8 cm³/mol. The molecule has 0 aliphatic heterocycles. The van der Waals surface area contributed by atoms with Gasteiger partial charge in [0.25, 0.3) is 0 Å². The Hall–Kier alpha value is -2.85. The van der Waals surface area contributed by atoms with Crippen molar-refractivity contribution in [2.75, 3.05) is 7.11 Å². The van der Waals surface area contributed by atoms with E-state index >= 15 is 0 Å². The molecule has 1 fully saturated rings. The molecule has 24 heavy (non-hydrogen) atoms. The van der Waals surface area contributed by atoms with Gasteiger partial charge in [-0.15, -0.1) is 13.2 Å². The molecule has 2 rings (SSSR count). The van der Waals surface area contributed by atoms with Crippen molar-refractivity contribution in [3.8, 4) is 12.1 Å². The Morgan fingerprint density at radius 2 is 1.83 bits per heavy atom. The van der Waals surface area contributed by atoms with Crippen LogP contribution in [-0.4, -0.2) is 13.1 Å². The van der Waals surface area contributed by atoms with Gasteiger partial charge in [0.2, 0.25) is 0 Å². The van der Waals surface area contributed by atoms with Crippen LogP contribution in [0.15, 0.2) is 49.6 Å². The van der Waals surface area contributed by atoms with Crippen LogP contribution in [0.4, 0.5) is 0 Å². The Labute approximate surface area is 142 Å². The van der Waals surface area contributed by atoms with Crippen LogP contribution < -0.4 is 0 Å². The fourth-order valence-corrected chi connectivity index (χ4v) is 3.68. The van der Waals surface area contributed by atoms with Crippen LogP contribution in [0.2, 0.25) is 0 Å². The van der Waals surface area contributed by atoms with Gasteiger partial charge in [0, 0.05) is 11.8 Å². The lowest BCUT2D eigenvalue weighted by molar-refractivity contribution is 0.0600. The molecule has 0 radical (unpaired) electrons. The average molecular weight is 320 g/mol. The summed E-state index contributed by atoms with van der Waals surface area (Å²) in [5.74, 6) is -0.909. The van der Waals surface area contributed by atoms with E-state index in [0.29, 0.717) is 5.56 Å². The maximum atomic E-state index is 11.6. The fraction of sp³-hybridized carbons (Fsp3) is 0.350. The maximum Gasteiger partial charge on any atom is 0.337 e. The largest absolute Gasteiger partial charge is 0.465 e.